The highest BCUT2D eigenvalue weighted by Crippen LogP contribution is 2.32. The Hall–Kier alpha value is -2.90. The van der Waals surface area contributed by atoms with E-state index < -0.39 is 6.09 Å². The number of nitrogens with zero attached hydrogens (tertiary/aromatic N) is 4. The fourth-order valence-electron chi connectivity index (χ4n) is 3.22. The van der Waals surface area contributed by atoms with Gasteiger partial charge in [0, 0.05) is 12.1 Å². The molecule has 2 saturated heterocycles. The summed E-state index contributed by atoms with van der Waals surface area (Å²) in [6.07, 6.45) is 1.20. The Bertz CT molecular complexity index is 776. The number of ether oxygens (including phenoxy) is 1. The lowest BCUT2D eigenvalue weighted by Gasteiger charge is -2.23. The second-order valence-corrected chi connectivity index (χ2v) is 6.10. The van der Waals surface area contributed by atoms with Crippen LogP contribution in [0.5, 0.6) is 0 Å². The van der Waals surface area contributed by atoms with Gasteiger partial charge in [0.15, 0.2) is 0 Å². The van der Waals surface area contributed by atoms with E-state index in [-0.39, 0.29) is 18.5 Å². The van der Waals surface area contributed by atoms with Crippen molar-refractivity contribution in [3.63, 3.8) is 0 Å². The summed E-state index contributed by atoms with van der Waals surface area (Å²) >= 11 is 0. The second kappa shape index (κ2) is 6.54. The van der Waals surface area contributed by atoms with E-state index >= 15 is 0 Å². The minimum absolute atomic E-state index is 0.0228. The number of aromatic nitrogens is 2. The summed E-state index contributed by atoms with van der Waals surface area (Å²) in [6.45, 7) is 1.42. The Kier molecular flexibility index (Phi) is 4.09. The minimum Gasteiger partial charge on any atom is -0.448 e. The zero-order valence-corrected chi connectivity index (χ0v) is 13.6. The highest BCUT2D eigenvalue weighted by atomic mass is 16.6. The lowest BCUT2D eigenvalue weighted by Crippen LogP contribution is -2.40. The maximum atomic E-state index is 12.6. The SMILES string of the molecule is O=C1OCCN1CC(=O)N1CCC[C@@H]1c1nc(-c2ccccc2)no1. The maximum absolute atomic E-state index is 12.6. The number of carbonyl (C=O) groups is 2. The summed E-state index contributed by atoms with van der Waals surface area (Å²) in [5.41, 5.74) is 0.869. The molecule has 0 spiro atoms. The Morgan fingerprint density at radius 3 is 2.84 bits per heavy atom. The van der Waals surface area contributed by atoms with E-state index in [9.17, 15) is 9.59 Å². The summed E-state index contributed by atoms with van der Waals surface area (Å²) in [4.78, 5) is 31.7. The van der Waals surface area contributed by atoms with Crippen molar-refractivity contribution in [1.29, 1.82) is 0 Å². The van der Waals surface area contributed by atoms with Gasteiger partial charge in [0.2, 0.25) is 17.6 Å². The molecular formula is C17H18N4O4. The molecule has 4 rings (SSSR count). The zero-order valence-electron chi connectivity index (χ0n) is 13.6. The quantitative estimate of drug-likeness (QED) is 0.842. The summed E-state index contributed by atoms with van der Waals surface area (Å²) in [7, 11) is 0. The predicted octanol–water partition coefficient (Wildman–Crippen LogP) is 1.85. The predicted molar refractivity (Wildman–Crippen MR) is 86.3 cm³/mol. The summed E-state index contributed by atoms with van der Waals surface area (Å²) in [5, 5.41) is 4.03. The van der Waals surface area contributed by atoms with Crippen LogP contribution in [0, 0.1) is 0 Å². The molecule has 1 aromatic carbocycles. The van der Waals surface area contributed by atoms with E-state index in [4.69, 9.17) is 9.26 Å². The van der Waals surface area contributed by atoms with E-state index in [1.807, 2.05) is 30.3 Å². The van der Waals surface area contributed by atoms with Crippen LogP contribution in [0.2, 0.25) is 0 Å². The van der Waals surface area contributed by atoms with Crippen molar-refractivity contribution in [3.8, 4) is 11.4 Å². The van der Waals surface area contributed by atoms with Crippen molar-refractivity contribution >= 4 is 12.0 Å². The van der Waals surface area contributed by atoms with Crippen molar-refractivity contribution in [2.75, 3.05) is 26.2 Å². The lowest BCUT2D eigenvalue weighted by molar-refractivity contribution is -0.133. The number of carbonyl (C=O) groups excluding carboxylic acids is 2. The molecule has 3 heterocycles. The van der Waals surface area contributed by atoms with Crippen LogP contribution in [0.4, 0.5) is 4.79 Å². The first-order chi connectivity index (χ1) is 12.2. The number of rotatable bonds is 4. The van der Waals surface area contributed by atoms with Gasteiger partial charge >= 0.3 is 6.09 Å². The molecule has 0 aliphatic carbocycles. The van der Waals surface area contributed by atoms with Gasteiger partial charge in [-0.1, -0.05) is 35.5 Å². The normalized spacial score (nSPS) is 20.2. The van der Waals surface area contributed by atoms with Crippen molar-refractivity contribution in [2.24, 2.45) is 0 Å². The van der Waals surface area contributed by atoms with Gasteiger partial charge in [0.1, 0.15) is 19.2 Å². The van der Waals surface area contributed by atoms with Crippen LogP contribution in [0.15, 0.2) is 34.9 Å². The summed E-state index contributed by atoms with van der Waals surface area (Å²) in [6, 6.07) is 9.32. The van der Waals surface area contributed by atoms with Crippen LogP contribution in [0.1, 0.15) is 24.8 Å². The van der Waals surface area contributed by atoms with Crippen molar-refractivity contribution < 1.29 is 18.8 Å². The standard InChI is InChI=1S/C17H18N4O4/c22-14(11-20-9-10-24-17(20)23)21-8-4-7-13(21)16-18-15(19-25-16)12-5-2-1-3-6-12/h1-3,5-6,13H,4,7-11H2/t13-/m1/s1. The molecule has 1 aromatic heterocycles. The fraction of sp³-hybridized carbons (Fsp3) is 0.412. The third-order valence-corrected chi connectivity index (χ3v) is 4.50. The largest absolute Gasteiger partial charge is 0.448 e. The average Bonchev–Trinajstić information content (AvgIpc) is 3.36. The molecule has 25 heavy (non-hydrogen) atoms. The molecule has 2 amide bonds. The van der Waals surface area contributed by atoms with E-state index in [1.54, 1.807) is 4.90 Å². The molecule has 0 bridgehead atoms. The van der Waals surface area contributed by atoms with Crippen molar-refractivity contribution in [3.05, 3.63) is 36.2 Å². The fourth-order valence-corrected chi connectivity index (χ4v) is 3.22. The van der Waals surface area contributed by atoms with E-state index in [0.717, 1.165) is 18.4 Å². The number of cyclic esters (lactones) is 1. The molecule has 2 aliphatic rings. The lowest BCUT2D eigenvalue weighted by atomic mass is 10.2. The monoisotopic (exact) mass is 342 g/mol. The third-order valence-electron chi connectivity index (χ3n) is 4.50. The highest BCUT2D eigenvalue weighted by Gasteiger charge is 2.36. The molecule has 8 heteroatoms. The Morgan fingerprint density at radius 2 is 2.08 bits per heavy atom. The molecule has 2 aromatic rings. The van der Waals surface area contributed by atoms with Gasteiger partial charge in [0.25, 0.3) is 0 Å². The summed E-state index contributed by atoms with van der Waals surface area (Å²) in [5.74, 6) is 0.826. The Balaban J connectivity index is 1.49. The molecule has 8 nitrogen and oxygen atoms in total. The highest BCUT2D eigenvalue weighted by molar-refractivity contribution is 5.83. The van der Waals surface area contributed by atoms with Gasteiger partial charge in [0.05, 0.1) is 6.54 Å². The molecular weight excluding hydrogens is 324 g/mol. The van der Waals surface area contributed by atoms with Gasteiger partial charge < -0.3 is 14.2 Å². The van der Waals surface area contributed by atoms with Crippen LogP contribution in [-0.4, -0.2) is 58.2 Å². The first-order valence-corrected chi connectivity index (χ1v) is 8.32. The van der Waals surface area contributed by atoms with Gasteiger partial charge in [-0.15, -0.1) is 0 Å². The maximum Gasteiger partial charge on any atom is 0.410 e. The molecule has 0 radical (unpaired) electrons. The number of likely N-dealkylation sites (tertiary alicyclic amines) is 1. The van der Waals surface area contributed by atoms with E-state index in [0.29, 0.717) is 31.4 Å². The molecule has 1 atom stereocenters. The topological polar surface area (TPSA) is 88.8 Å². The van der Waals surface area contributed by atoms with Gasteiger partial charge in [-0.05, 0) is 12.8 Å². The summed E-state index contributed by atoms with van der Waals surface area (Å²) < 4.78 is 10.3. The first kappa shape index (κ1) is 15.6. The van der Waals surface area contributed by atoms with Gasteiger partial charge in [-0.2, -0.15) is 4.98 Å². The molecule has 0 saturated carbocycles. The van der Waals surface area contributed by atoms with Crippen molar-refractivity contribution in [2.45, 2.75) is 18.9 Å². The van der Waals surface area contributed by atoms with Crippen molar-refractivity contribution in [1.82, 2.24) is 19.9 Å². The molecule has 0 unspecified atom stereocenters. The molecule has 0 N–H and O–H groups in total. The van der Waals surface area contributed by atoms with Crippen LogP contribution < -0.4 is 0 Å². The van der Waals surface area contributed by atoms with Crippen LogP contribution >= 0.6 is 0 Å². The zero-order chi connectivity index (χ0) is 17.2. The first-order valence-electron chi connectivity index (χ1n) is 8.32. The van der Waals surface area contributed by atoms with E-state index in [1.165, 1.54) is 4.90 Å². The van der Waals surface area contributed by atoms with Crippen LogP contribution in [0.25, 0.3) is 11.4 Å². The smallest absolute Gasteiger partial charge is 0.410 e. The van der Waals surface area contributed by atoms with Crippen LogP contribution in [0.3, 0.4) is 0 Å². The number of benzene rings is 1. The second-order valence-electron chi connectivity index (χ2n) is 6.10. The van der Waals surface area contributed by atoms with Crippen LogP contribution in [-0.2, 0) is 9.53 Å². The van der Waals surface area contributed by atoms with Gasteiger partial charge in [-0.25, -0.2) is 4.79 Å². The molecule has 2 aliphatic heterocycles. The minimum atomic E-state index is -0.437. The number of hydrogen-bond donors (Lipinski definition) is 0. The third kappa shape index (κ3) is 3.07. The van der Waals surface area contributed by atoms with Gasteiger partial charge in [-0.3, -0.25) is 9.69 Å². The molecule has 130 valence electrons. The Labute approximate surface area is 144 Å². The molecule has 2 fully saturated rings. The van der Waals surface area contributed by atoms with E-state index in [2.05, 4.69) is 10.1 Å². The number of amides is 2. The number of hydrogen-bond acceptors (Lipinski definition) is 6. The Morgan fingerprint density at radius 1 is 1.24 bits per heavy atom. The average molecular weight is 342 g/mol.